The van der Waals surface area contributed by atoms with E-state index in [0.717, 1.165) is 26.4 Å². The third kappa shape index (κ3) is 5.32. The van der Waals surface area contributed by atoms with Gasteiger partial charge in [0.1, 0.15) is 17.4 Å². The minimum atomic E-state index is -0.272. The number of rotatable bonds is 1. The fraction of sp³-hybridized carbons (Fsp3) is 0.235. The van der Waals surface area contributed by atoms with Crippen LogP contribution in [0.25, 0.3) is 0 Å². The van der Waals surface area contributed by atoms with Crippen LogP contribution in [0.2, 0.25) is 0 Å². The molecule has 0 aliphatic heterocycles. The Kier molecular flexibility index (Phi) is 7.16. The lowest BCUT2D eigenvalue weighted by Gasteiger charge is -2.10. The topological polar surface area (TPSA) is 17.1 Å². The Bertz CT molecular complexity index is 722. The predicted octanol–water partition coefficient (Wildman–Crippen LogP) is 6.62. The monoisotopic (exact) mass is 556 g/mol. The zero-order chi connectivity index (χ0) is 17.0. The second-order valence-corrected chi connectivity index (χ2v) is 8.01. The van der Waals surface area contributed by atoms with Gasteiger partial charge < -0.3 is 0 Å². The van der Waals surface area contributed by atoms with E-state index in [-0.39, 0.29) is 23.3 Å². The molecule has 2 aromatic carbocycles. The van der Waals surface area contributed by atoms with E-state index in [2.05, 4.69) is 54.5 Å². The van der Waals surface area contributed by atoms with Crippen LogP contribution in [-0.2, 0) is 4.79 Å². The second kappa shape index (κ2) is 8.67. The van der Waals surface area contributed by atoms with Crippen LogP contribution in [0.3, 0.4) is 0 Å². The first-order valence-electron chi connectivity index (χ1n) is 6.96. The normalized spacial score (nSPS) is 16.9. The zero-order valence-electron chi connectivity index (χ0n) is 12.0. The summed E-state index contributed by atoms with van der Waals surface area (Å²) in [7, 11) is 0. The van der Waals surface area contributed by atoms with Crippen molar-refractivity contribution in [2.45, 2.75) is 25.2 Å². The van der Waals surface area contributed by atoms with Crippen LogP contribution in [0.5, 0.6) is 0 Å². The Labute approximate surface area is 164 Å². The predicted molar refractivity (Wildman–Crippen MR) is 103 cm³/mol. The molecule has 0 saturated heterocycles. The highest BCUT2D eigenvalue weighted by atomic mass is 127. The molecule has 1 unspecified atom stereocenters. The molecule has 1 saturated carbocycles. The molecule has 6 heteroatoms. The molecule has 1 aliphatic carbocycles. The summed E-state index contributed by atoms with van der Waals surface area (Å²) in [4.78, 5) is 11.5. The van der Waals surface area contributed by atoms with Crippen molar-refractivity contribution in [3.05, 3.63) is 66.1 Å². The van der Waals surface area contributed by atoms with Crippen molar-refractivity contribution >= 4 is 60.2 Å². The molecular formula is C17H13Br2F2IO. The lowest BCUT2D eigenvalue weighted by atomic mass is 9.97. The molecule has 1 atom stereocenters. The average Bonchev–Trinajstić information content (AvgIpc) is 2.90. The van der Waals surface area contributed by atoms with E-state index in [1.165, 1.54) is 24.3 Å². The molecule has 1 fully saturated rings. The van der Waals surface area contributed by atoms with Crippen LogP contribution < -0.4 is 0 Å². The molecular weight excluding hydrogens is 545 g/mol. The largest absolute Gasteiger partial charge is 0.299 e. The highest BCUT2D eigenvalue weighted by molar-refractivity contribution is 14.1. The van der Waals surface area contributed by atoms with Crippen LogP contribution in [0.1, 0.15) is 30.7 Å². The van der Waals surface area contributed by atoms with Crippen LogP contribution in [-0.4, -0.2) is 5.78 Å². The van der Waals surface area contributed by atoms with Gasteiger partial charge in [-0.15, -0.1) is 0 Å². The van der Waals surface area contributed by atoms with Crippen molar-refractivity contribution in [1.82, 2.24) is 0 Å². The fourth-order valence-electron chi connectivity index (χ4n) is 2.40. The first kappa shape index (κ1) is 19.0. The van der Waals surface area contributed by atoms with E-state index in [1.54, 1.807) is 12.1 Å². The standard InChI is InChI=1S/C11H10BrFO.C6H3BrFI/c12-10-6-7(13)4-5-8(10)9-2-1-3-11(9)14;7-5-3-4(8)1-2-6(5)9/h4-6,9H,1-3H2;1-3H. The number of hydrogen-bond donors (Lipinski definition) is 0. The van der Waals surface area contributed by atoms with Crippen LogP contribution in [0.4, 0.5) is 8.78 Å². The minimum absolute atomic E-state index is 0.0232. The van der Waals surface area contributed by atoms with Crippen LogP contribution >= 0.6 is 54.5 Å². The lowest BCUT2D eigenvalue weighted by molar-refractivity contribution is -0.118. The van der Waals surface area contributed by atoms with Gasteiger partial charge in [0.25, 0.3) is 0 Å². The van der Waals surface area contributed by atoms with Crippen molar-refractivity contribution < 1.29 is 13.6 Å². The summed E-state index contributed by atoms with van der Waals surface area (Å²) < 4.78 is 27.7. The molecule has 2 aromatic rings. The smallest absolute Gasteiger partial charge is 0.140 e. The van der Waals surface area contributed by atoms with Crippen molar-refractivity contribution in [3.63, 3.8) is 0 Å². The minimum Gasteiger partial charge on any atom is -0.299 e. The van der Waals surface area contributed by atoms with Crippen molar-refractivity contribution in [2.24, 2.45) is 0 Å². The van der Waals surface area contributed by atoms with Gasteiger partial charge in [0, 0.05) is 24.9 Å². The van der Waals surface area contributed by atoms with Gasteiger partial charge in [-0.25, -0.2) is 8.78 Å². The summed E-state index contributed by atoms with van der Waals surface area (Å²) >= 11 is 8.62. The van der Waals surface area contributed by atoms with Gasteiger partial charge in [0.2, 0.25) is 0 Å². The molecule has 0 bridgehead atoms. The Balaban J connectivity index is 0.000000185. The fourth-order valence-corrected chi connectivity index (χ4v) is 3.71. The molecule has 0 spiro atoms. The van der Waals surface area contributed by atoms with Crippen molar-refractivity contribution in [1.29, 1.82) is 0 Å². The quantitative estimate of drug-likeness (QED) is 0.285. The van der Waals surface area contributed by atoms with E-state index >= 15 is 0 Å². The van der Waals surface area contributed by atoms with Crippen LogP contribution in [0.15, 0.2) is 45.3 Å². The molecule has 1 nitrogen and oxygen atoms in total. The van der Waals surface area contributed by atoms with E-state index < -0.39 is 0 Å². The summed E-state index contributed by atoms with van der Waals surface area (Å²) in [6, 6.07) is 9.13. The number of hydrogen-bond acceptors (Lipinski definition) is 1. The summed E-state index contributed by atoms with van der Waals surface area (Å²) in [5.74, 6) is -0.226. The Morgan fingerprint density at radius 1 is 1.00 bits per heavy atom. The first-order chi connectivity index (χ1) is 10.9. The molecule has 0 heterocycles. The number of halogens is 5. The summed E-state index contributed by atoms with van der Waals surface area (Å²) in [6.45, 7) is 0. The zero-order valence-corrected chi connectivity index (χ0v) is 17.3. The molecule has 0 amide bonds. The van der Waals surface area contributed by atoms with E-state index in [1.807, 2.05) is 0 Å². The third-order valence-electron chi connectivity index (χ3n) is 3.52. The van der Waals surface area contributed by atoms with E-state index in [4.69, 9.17) is 0 Å². The SMILES string of the molecule is Fc1ccc(I)c(Br)c1.O=C1CCCC1c1ccc(F)cc1Br. The second-order valence-electron chi connectivity index (χ2n) is 5.14. The highest BCUT2D eigenvalue weighted by Crippen LogP contribution is 2.35. The summed E-state index contributed by atoms with van der Waals surface area (Å²) in [5.41, 5.74) is 0.925. The van der Waals surface area contributed by atoms with Gasteiger partial charge in [-0.05, 0) is 87.3 Å². The highest BCUT2D eigenvalue weighted by Gasteiger charge is 2.27. The number of benzene rings is 2. The van der Waals surface area contributed by atoms with Crippen molar-refractivity contribution in [3.8, 4) is 0 Å². The first-order valence-corrected chi connectivity index (χ1v) is 9.63. The Morgan fingerprint density at radius 3 is 2.09 bits per heavy atom. The average molecular weight is 558 g/mol. The maximum Gasteiger partial charge on any atom is 0.140 e. The maximum atomic E-state index is 12.8. The van der Waals surface area contributed by atoms with Gasteiger partial charge in [-0.2, -0.15) is 0 Å². The van der Waals surface area contributed by atoms with E-state index in [0.29, 0.717) is 10.9 Å². The molecule has 0 N–H and O–H groups in total. The number of ketones is 1. The number of carbonyl (C=O) groups excluding carboxylic acids is 1. The van der Waals surface area contributed by atoms with Gasteiger partial charge in [0.15, 0.2) is 0 Å². The molecule has 3 rings (SSSR count). The maximum absolute atomic E-state index is 12.8. The molecule has 1 aliphatic rings. The summed E-state index contributed by atoms with van der Waals surface area (Å²) in [6.07, 6.45) is 2.50. The molecule has 0 aromatic heterocycles. The van der Waals surface area contributed by atoms with Gasteiger partial charge >= 0.3 is 0 Å². The van der Waals surface area contributed by atoms with E-state index in [9.17, 15) is 13.6 Å². The van der Waals surface area contributed by atoms with Gasteiger partial charge in [-0.1, -0.05) is 22.0 Å². The van der Waals surface area contributed by atoms with Gasteiger partial charge in [0.05, 0.1) is 0 Å². The molecule has 23 heavy (non-hydrogen) atoms. The Morgan fingerprint density at radius 2 is 1.61 bits per heavy atom. The number of Topliss-reactive ketones (excluding diaryl/α,β-unsaturated/α-hetero) is 1. The molecule has 0 radical (unpaired) electrons. The lowest BCUT2D eigenvalue weighted by Crippen LogP contribution is -2.04. The Hall–Kier alpha value is -0.340. The number of carbonyl (C=O) groups is 1. The molecule has 122 valence electrons. The third-order valence-corrected chi connectivity index (χ3v) is 6.55. The van der Waals surface area contributed by atoms with Crippen molar-refractivity contribution in [2.75, 3.05) is 0 Å². The van der Waals surface area contributed by atoms with Crippen LogP contribution in [0, 0.1) is 15.2 Å². The van der Waals surface area contributed by atoms with Gasteiger partial charge in [-0.3, -0.25) is 4.79 Å². The summed E-state index contributed by atoms with van der Waals surface area (Å²) in [5, 5.41) is 0.